The highest BCUT2D eigenvalue weighted by Crippen LogP contribution is 2.28. The number of hydrogen-bond acceptors (Lipinski definition) is 4. The van der Waals surface area contributed by atoms with Gasteiger partial charge < -0.3 is 5.32 Å². The number of nitrogens with zero attached hydrogens (tertiary/aromatic N) is 3. The Kier molecular flexibility index (Phi) is 3.43. The lowest BCUT2D eigenvalue weighted by Crippen LogP contribution is -1.98. The first-order valence-electron chi connectivity index (χ1n) is 4.63. The number of aromatic nitrogens is 2. The van der Waals surface area contributed by atoms with E-state index in [9.17, 15) is 0 Å². The summed E-state index contributed by atoms with van der Waals surface area (Å²) < 4.78 is 0. The zero-order valence-electron chi connectivity index (χ0n) is 8.48. The van der Waals surface area contributed by atoms with E-state index < -0.39 is 0 Å². The largest absolute Gasteiger partial charge is 0.338 e. The SMILES string of the molecule is N#Cc1cncnc1Nc1ccc(Cl)cc1Cl. The molecule has 2 aromatic rings. The highest BCUT2D eigenvalue weighted by Gasteiger charge is 2.06. The molecule has 1 aromatic heterocycles. The summed E-state index contributed by atoms with van der Waals surface area (Å²) in [6.07, 6.45) is 2.78. The van der Waals surface area contributed by atoms with Crippen LogP contribution < -0.4 is 5.32 Å². The summed E-state index contributed by atoms with van der Waals surface area (Å²) in [5, 5.41) is 12.8. The molecule has 0 saturated carbocycles. The van der Waals surface area contributed by atoms with Crippen molar-refractivity contribution < 1.29 is 0 Å². The molecule has 4 nitrogen and oxygen atoms in total. The van der Waals surface area contributed by atoms with Crippen molar-refractivity contribution in [2.24, 2.45) is 0 Å². The molecule has 0 amide bonds. The summed E-state index contributed by atoms with van der Waals surface area (Å²) in [4.78, 5) is 7.74. The van der Waals surface area contributed by atoms with Gasteiger partial charge in [-0.1, -0.05) is 23.2 Å². The molecule has 0 bridgehead atoms. The van der Waals surface area contributed by atoms with Crippen LogP contribution in [0.2, 0.25) is 10.0 Å². The van der Waals surface area contributed by atoms with Crippen LogP contribution >= 0.6 is 23.2 Å². The van der Waals surface area contributed by atoms with Crippen LogP contribution in [0.1, 0.15) is 5.56 Å². The fourth-order valence-electron chi connectivity index (χ4n) is 1.23. The van der Waals surface area contributed by atoms with Gasteiger partial charge in [0.25, 0.3) is 0 Å². The van der Waals surface area contributed by atoms with E-state index in [4.69, 9.17) is 28.5 Å². The molecule has 0 spiro atoms. The average molecular weight is 265 g/mol. The number of anilines is 2. The molecule has 0 radical (unpaired) electrons. The zero-order chi connectivity index (χ0) is 12.3. The highest BCUT2D eigenvalue weighted by molar-refractivity contribution is 6.36. The van der Waals surface area contributed by atoms with E-state index >= 15 is 0 Å². The van der Waals surface area contributed by atoms with Crippen molar-refractivity contribution >= 4 is 34.7 Å². The lowest BCUT2D eigenvalue weighted by molar-refractivity contribution is 1.15. The third kappa shape index (κ3) is 2.64. The number of halogens is 2. The van der Waals surface area contributed by atoms with Gasteiger partial charge in [0.05, 0.1) is 16.9 Å². The van der Waals surface area contributed by atoms with Gasteiger partial charge in [-0.3, -0.25) is 0 Å². The molecule has 0 aliphatic carbocycles. The molecule has 1 N–H and O–H groups in total. The molecule has 0 fully saturated rings. The van der Waals surface area contributed by atoms with Gasteiger partial charge in [0.2, 0.25) is 0 Å². The quantitative estimate of drug-likeness (QED) is 0.903. The standard InChI is InChI=1S/C11H6Cl2N4/c12-8-1-2-10(9(13)3-8)17-11-7(4-14)5-15-6-16-11/h1-3,5-6H,(H,15,16,17). The molecule has 6 heteroatoms. The molecule has 17 heavy (non-hydrogen) atoms. The second-order valence-corrected chi connectivity index (χ2v) is 3.99. The maximum atomic E-state index is 8.89. The molecule has 84 valence electrons. The number of rotatable bonds is 2. The molecule has 1 heterocycles. The van der Waals surface area contributed by atoms with E-state index in [-0.39, 0.29) is 0 Å². The normalized spacial score (nSPS) is 9.71. The summed E-state index contributed by atoms with van der Waals surface area (Å²) in [5.41, 5.74) is 0.977. The minimum absolute atomic E-state index is 0.346. The van der Waals surface area contributed by atoms with Gasteiger partial charge in [0.1, 0.15) is 18.0 Å². The maximum absolute atomic E-state index is 8.89. The minimum Gasteiger partial charge on any atom is -0.338 e. The van der Waals surface area contributed by atoms with Crippen molar-refractivity contribution in [3.8, 4) is 6.07 Å². The average Bonchev–Trinajstić information content (AvgIpc) is 2.33. The van der Waals surface area contributed by atoms with Gasteiger partial charge in [-0.05, 0) is 18.2 Å². The molecule has 0 aliphatic rings. The molecule has 0 atom stereocenters. The Morgan fingerprint density at radius 2 is 2.12 bits per heavy atom. The Balaban J connectivity index is 2.35. The van der Waals surface area contributed by atoms with Crippen LogP contribution in [0.4, 0.5) is 11.5 Å². The van der Waals surface area contributed by atoms with E-state index in [0.29, 0.717) is 27.1 Å². The van der Waals surface area contributed by atoms with E-state index in [2.05, 4.69) is 15.3 Å². The Morgan fingerprint density at radius 1 is 1.29 bits per heavy atom. The first-order valence-corrected chi connectivity index (χ1v) is 5.38. The number of nitrogens with one attached hydrogen (secondary N) is 1. The van der Waals surface area contributed by atoms with Crippen molar-refractivity contribution in [3.05, 3.63) is 46.3 Å². The summed E-state index contributed by atoms with van der Waals surface area (Å²) in [5.74, 6) is 0.409. The van der Waals surface area contributed by atoms with Crippen LogP contribution in [-0.4, -0.2) is 9.97 Å². The maximum Gasteiger partial charge on any atom is 0.151 e. The predicted octanol–water partition coefficient (Wildman–Crippen LogP) is 3.40. The second-order valence-electron chi connectivity index (χ2n) is 3.15. The Bertz CT molecular complexity index is 592. The Hall–Kier alpha value is -1.83. The van der Waals surface area contributed by atoms with Crippen molar-refractivity contribution in [1.29, 1.82) is 5.26 Å². The second kappa shape index (κ2) is 5.00. The Morgan fingerprint density at radius 3 is 2.82 bits per heavy atom. The van der Waals surface area contributed by atoms with E-state index in [1.54, 1.807) is 18.2 Å². The van der Waals surface area contributed by atoms with Crippen LogP contribution in [0.3, 0.4) is 0 Å². The van der Waals surface area contributed by atoms with Crippen LogP contribution in [0.5, 0.6) is 0 Å². The lowest BCUT2D eigenvalue weighted by Gasteiger charge is -2.08. The first kappa shape index (κ1) is 11.6. The molecular formula is C11H6Cl2N4. The van der Waals surface area contributed by atoms with Crippen LogP contribution in [0, 0.1) is 11.3 Å². The predicted molar refractivity (Wildman–Crippen MR) is 66.5 cm³/mol. The van der Waals surface area contributed by atoms with Gasteiger partial charge in [0.15, 0.2) is 5.82 Å². The summed E-state index contributed by atoms with van der Waals surface area (Å²) >= 11 is 11.8. The van der Waals surface area contributed by atoms with Gasteiger partial charge in [-0.2, -0.15) is 5.26 Å². The molecule has 0 aliphatic heterocycles. The summed E-state index contributed by atoms with van der Waals surface area (Å²) in [6, 6.07) is 7.01. The van der Waals surface area contributed by atoms with Gasteiger partial charge in [-0.25, -0.2) is 9.97 Å². The monoisotopic (exact) mass is 264 g/mol. The van der Waals surface area contributed by atoms with Crippen LogP contribution in [0.15, 0.2) is 30.7 Å². The van der Waals surface area contributed by atoms with Gasteiger partial charge in [-0.15, -0.1) is 0 Å². The third-order valence-corrected chi connectivity index (χ3v) is 2.56. The summed E-state index contributed by atoms with van der Waals surface area (Å²) in [6.45, 7) is 0. The molecular weight excluding hydrogens is 259 g/mol. The minimum atomic E-state index is 0.346. The van der Waals surface area contributed by atoms with Crippen molar-refractivity contribution in [2.45, 2.75) is 0 Å². The number of benzene rings is 1. The number of hydrogen-bond donors (Lipinski definition) is 1. The molecule has 0 saturated heterocycles. The molecule has 0 unspecified atom stereocenters. The van der Waals surface area contributed by atoms with Crippen molar-refractivity contribution in [2.75, 3.05) is 5.32 Å². The fourth-order valence-corrected chi connectivity index (χ4v) is 1.69. The van der Waals surface area contributed by atoms with Crippen LogP contribution in [0.25, 0.3) is 0 Å². The van der Waals surface area contributed by atoms with E-state index in [1.807, 2.05) is 6.07 Å². The van der Waals surface area contributed by atoms with E-state index in [1.165, 1.54) is 12.5 Å². The molecule has 1 aromatic carbocycles. The fraction of sp³-hybridized carbons (Fsp3) is 0. The number of nitriles is 1. The summed E-state index contributed by atoms with van der Waals surface area (Å²) in [7, 11) is 0. The smallest absolute Gasteiger partial charge is 0.151 e. The lowest BCUT2D eigenvalue weighted by atomic mass is 10.3. The Labute approximate surface area is 108 Å². The van der Waals surface area contributed by atoms with Crippen LogP contribution in [-0.2, 0) is 0 Å². The topological polar surface area (TPSA) is 61.6 Å². The highest BCUT2D eigenvalue weighted by atomic mass is 35.5. The van der Waals surface area contributed by atoms with E-state index in [0.717, 1.165) is 0 Å². The molecule has 2 rings (SSSR count). The van der Waals surface area contributed by atoms with Gasteiger partial charge >= 0.3 is 0 Å². The third-order valence-electron chi connectivity index (χ3n) is 2.02. The first-order chi connectivity index (χ1) is 8.20. The van der Waals surface area contributed by atoms with Crippen molar-refractivity contribution in [1.82, 2.24) is 9.97 Å². The van der Waals surface area contributed by atoms with Crippen molar-refractivity contribution in [3.63, 3.8) is 0 Å². The zero-order valence-corrected chi connectivity index (χ0v) is 10.00. The van der Waals surface area contributed by atoms with Gasteiger partial charge in [0, 0.05) is 5.02 Å².